The first-order valence-electron chi connectivity index (χ1n) is 8.45. The number of nitrogens with zero attached hydrogens (tertiary/aromatic N) is 2. The van der Waals surface area contributed by atoms with Gasteiger partial charge in [-0.15, -0.1) is 11.3 Å². The van der Waals surface area contributed by atoms with Gasteiger partial charge in [0.15, 0.2) is 0 Å². The number of rotatable bonds is 6. The number of hydrogen-bond donors (Lipinski definition) is 1. The van der Waals surface area contributed by atoms with Gasteiger partial charge >= 0.3 is 5.97 Å². The lowest BCUT2D eigenvalue weighted by Gasteiger charge is -2.11. The van der Waals surface area contributed by atoms with Gasteiger partial charge in [0.05, 0.1) is 18.2 Å². The molecule has 1 N–H and O–H groups in total. The molecule has 0 spiro atoms. The van der Waals surface area contributed by atoms with E-state index in [2.05, 4.69) is 4.98 Å². The van der Waals surface area contributed by atoms with E-state index in [0.717, 1.165) is 6.42 Å². The Bertz CT molecular complexity index is 1170. The molecule has 27 heavy (non-hydrogen) atoms. The number of thiophene rings is 1. The maximum Gasteiger partial charge on any atom is 0.371 e. The van der Waals surface area contributed by atoms with Crippen LogP contribution in [-0.2, 0) is 13.0 Å². The molecule has 0 bridgehead atoms. The molecule has 0 atom stereocenters. The minimum Gasteiger partial charge on any atom is -0.475 e. The fourth-order valence-electron chi connectivity index (χ4n) is 2.99. The van der Waals surface area contributed by atoms with Gasteiger partial charge in [0.2, 0.25) is 5.76 Å². The van der Waals surface area contributed by atoms with Crippen molar-refractivity contribution >= 4 is 27.5 Å². The molecule has 4 rings (SSSR count). The Morgan fingerprint density at radius 3 is 2.85 bits per heavy atom. The fourth-order valence-corrected chi connectivity index (χ4v) is 3.93. The number of hydrogen-bond acceptors (Lipinski definition) is 6. The van der Waals surface area contributed by atoms with Gasteiger partial charge in [-0.1, -0.05) is 6.92 Å². The predicted molar refractivity (Wildman–Crippen MR) is 100 cm³/mol. The van der Waals surface area contributed by atoms with Crippen LogP contribution in [-0.4, -0.2) is 20.6 Å². The zero-order valence-electron chi connectivity index (χ0n) is 14.5. The summed E-state index contributed by atoms with van der Waals surface area (Å²) < 4.78 is 12.3. The number of carboxylic acids is 1. The Hall–Kier alpha value is -3.13. The Morgan fingerprint density at radius 2 is 2.19 bits per heavy atom. The van der Waals surface area contributed by atoms with Crippen molar-refractivity contribution in [1.29, 1.82) is 0 Å². The minimum absolute atomic E-state index is 0.123. The molecule has 0 aliphatic carbocycles. The van der Waals surface area contributed by atoms with Crippen molar-refractivity contribution in [2.45, 2.75) is 26.3 Å². The lowest BCUT2D eigenvalue weighted by molar-refractivity contribution is 0.0660. The van der Waals surface area contributed by atoms with Crippen LogP contribution in [0.5, 0.6) is 0 Å². The van der Waals surface area contributed by atoms with Gasteiger partial charge in [-0.2, -0.15) is 0 Å². The van der Waals surface area contributed by atoms with Gasteiger partial charge in [0.25, 0.3) is 5.56 Å². The van der Waals surface area contributed by atoms with Crippen molar-refractivity contribution in [2.24, 2.45) is 0 Å². The largest absolute Gasteiger partial charge is 0.475 e. The average molecular weight is 384 g/mol. The molecule has 0 fully saturated rings. The monoisotopic (exact) mass is 384 g/mol. The molecule has 4 aromatic rings. The van der Waals surface area contributed by atoms with E-state index in [1.165, 1.54) is 17.4 Å². The maximum absolute atomic E-state index is 13.3. The SMILES string of the molecule is CCCc1nc2scc(-c3ccco3)c2c(=O)n1Cc1ccc(C(=O)O)o1. The average Bonchev–Trinajstić information content (AvgIpc) is 3.37. The van der Waals surface area contributed by atoms with Gasteiger partial charge in [-0.25, -0.2) is 9.78 Å². The summed E-state index contributed by atoms with van der Waals surface area (Å²) in [5, 5.41) is 11.4. The first kappa shape index (κ1) is 17.3. The number of furan rings is 2. The summed E-state index contributed by atoms with van der Waals surface area (Å²) in [4.78, 5) is 29.7. The van der Waals surface area contributed by atoms with Crippen LogP contribution in [0.15, 0.2) is 49.5 Å². The number of fused-ring (bicyclic) bond motifs is 1. The Balaban J connectivity index is 1.87. The summed E-state index contributed by atoms with van der Waals surface area (Å²) in [6.45, 7) is 2.14. The topological polar surface area (TPSA) is 98.5 Å². The molecule has 0 unspecified atom stereocenters. The fraction of sp³-hybridized carbons (Fsp3) is 0.211. The van der Waals surface area contributed by atoms with Crippen molar-refractivity contribution in [3.05, 3.63) is 63.6 Å². The Morgan fingerprint density at radius 1 is 1.33 bits per heavy atom. The summed E-state index contributed by atoms with van der Waals surface area (Å²) in [6.07, 6.45) is 3.02. The highest BCUT2D eigenvalue weighted by Crippen LogP contribution is 2.31. The minimum atomic E-state index is -1.14. The van der Waals surface area contributed by atoms with E-state index < -0.39 is 5.97 Å². The van der Waals surface area contributed by atoms with Crippen molar-refractivity contribution in [1.82, 2.24) is 9.55 Å². The first-order valence-corrected chi connectivity index (χ1v) is 9.33. The van der Waals surface area contributed by atoms with E-state index >= 15 is 0 Å². The van der Waals surface area contributed by atoms with Crippen LogP contribution in [0.3, 0.4) is 0 Å². The molecule has 4 aromatic heterocycles. The van der Waals surface area contributed by atoms with Gasteiger partial charge in [-0.05, 0) is 30.7 Å². The van der Waals surface area contributed by atoms with E-state index in [1.54, 1.807) is 29.0 Å². The normalized spacial score (nSPS) is 11.3. The Kier molecular flexibility index (Phi) is 4.41. The highest BCUT2D eigenvalue weighted by Gasteiger charge is 2.19. The molecule has 8 heteroatoms. The molecule has 4 heterocycles. The molecule has 7 nitrogen and oxygen atoms in total. The molecule has 0 radical (unpaired) electrons. The summed E-state index contributed by atoms with van der Waals surface area (Å²) >= 11 is 1.40. The highest BCUT2D eigenvalue weighted by molar-refractivity contribution is 7.17. The second-order valence-electron chi connectivity index (χ2n) is 6.05. The van der Waals surface area contributed by atoms with Gasteiger partial charge in [0.1, 0.15) is 22.2 Å². The molecular formula is C19H16N2O5S. The quantitative estimate of drug-likeness (QED) is 0.539. The van der Waals surface area contributed by atoms with Crippen molar-refractivity contribution < 1.29 is 18.7 Å². The molecule has 0 saturated heterocycles. The molecule has 0 aliphatic heterocycles. The van der Waals surface area contributed by atoms with Crippen LogP contribution >= 0.6 is 11.3 Å². The van der Waals surface area contributed by atoms with Crippen LogP contribution in [0.4, 0.5) is 0 Å². The summed E-state index contributed by atoms with van der Waals surface area (Å²) in [7, 11) is 0. The third-order valence-corrected chi connectivity index (χ3v) is 5.09. The summed E-state index contributed by atoms with van der Waals surface area (Å²) in [5.74, 6) is 0.352. The summed E-state index contributed by atoms with van der Waals surface area (Å²) in [6, 6.07) is 6.52. The standard InChI is InChI=1S/C19H16N2O5S/c1-2-4-15-20-17-16(12(10-27-17)13-5-3-8-25-13)18(22)21(15)9-11-6-7-14(26-11)19(23)24/h3,5-8,10H,2,4,9H2,1H3,(H,23,24). The van der Waals surface area contributed by atoms with Crippen molar-refractivity contribution in [3.8, 4) is 11.3 Å². The number of aryl methyl sites for hydroxylation is 1. The number of carboxylic acid groups (broad SMARTS) is 1. The van der Waals surface area contributed by atoms with Crippen LogP contribution in [0, 0.1) is 0 Å². The van der Waals surface area contributed by atoms with E-state index in [-0.39, 0.29) is 17.9 Å². The molecular weight excluding hydrogens is 368 g/mol. The van der Waals surface area contributed by atoms with Gasteiger partial charge in [-0.3, -0.25) is 9.36 Å². The summed E-state index contributed by atoms with van der Waals surface area (Å²) in [5.41, 5.74) is 0.518. The lowest BCUT2D eigenvalue weighted by Crippen LogP contribution is -2.25. The highest BCUT2D eigenvalue weighted by atomic mass is 32.1. The molecule has 0 aromatic carbocycles. The maximum atomic E-state index is 13.3. The molecule has 138 valence electrons. The smallest absolute Gasteiger partial charge is 0.371 e. The van der Waals surface area contributed by atoms with E-state index in [1.807, 2.05) is 12.3 Å². The zero-order valence-corrected chi connectivity index (χ0v) is 15.3. The van der Waals surface area contributed by atoms with Crippen LogP contribution in [0.25, 0.3) is 21.5 Å². The molecule has 0 aliphatic rings. The number of aromatic nitrogens is 2. The second kappa shape index (κ2) is 6.88. The Labute approximate surface area is 157 Å². The van der Waals surface area contributed by atoms with Gasteiger partial charge in [0, 0.05) is 17.4 Å². The van der Waals surface area contributed by atoms with Crippen LogP contribution < -0.4 is 5.56 Å². The first-order chi connectivity index (χ1) is 13.1. The van der Waals surface area contributed by atoms with Crippen LogP contribution in [0.1, 0.15) is 35.5 Å². The molecule has 0 amide bonds. The van der Waals surface area contributed by atoms with Crippen molar-refractivity contribution in [2.75, 3.05) is 0 Å². The van der Waals surface area contributed by atoms with Crippen molar-refractivity contribution in [3.63, 3.8) is 0 Å². The zero-order chi connectivity index (χ0) is 19.0. The van der Waals surface area contributed by atoms with Gasteiger partial charge < -0.3 is 13.9 Å². The third-order valence-electron chi connectivity index (χ3n) is 4.22. The molecule has 0 saturated carbocycles. The lowest BCUT2D eigenvalue weighted by atomic mass is 10.2. The number of aromatic carboxylic acids is 1. The van der Waals surface area contributed by atoms with E-state index in [4.69, 9.17) is 13.9 Å². The predicted octanol–water partition coefficient (Wildman–Crippen LogP) is 4.01. The van der Waals surface area contributed by atoms with Crippen LogP contribution in [0.2, 0.25) is 0 Å². The number of carbonyl (C=O) groups is 1. The van der Waals surface area contributed by atoms with E-state index in [9.17, 15) is 9.59 Å². The van der Waals surface area contributed by atoms with E-state index in [0.29, 0.717) is 39.5 Å². The second-order valence-corrected chi connectivity index (χ2v) is 6.91. The third kappa shape index (κ3) is 3.08.